The van der Waals surface area contributed by atoms with Gasteiger partial charge >= 0.3 is 5.97 Å². The zero-order chi connectivity index (χ0) is 19.6. The van der Waals surface area contributed by atoms with Crippen LogP contribution in [0.5, 0.6) is 11.5 Å². The predicted octanol–water partition coefficient (Wildman–Crippen LogP) is 3.84. The first-order chi connectivity index (χ1) is 12.8. The number of benzene rings is 3. The Morgan fingerprint density at radius 3 is 2.04 bits per heavy atom. The first-order valence-corrected chi connectivity index (χ1v) is 8.55. The summed E-state index contributed by atoms with van der Waals surface area (Å²) in [4.78, 5) is 11.2. The summed E-state index contributed by atoms with van der Waals surface area (Å²) in [5.74, 6) is -0.0580. The third-order valence-electron chi connectivity index (χ3n) is 4.80. The molecule has 0 aliphatic carbocycles. The molecule has 0 radical (unpaired) electrons. The van der Waals surface area contributed by atoms with Crippen LogP contribution in [0.15, 0.2) is 66.7 Å². The van der Waals surface area contributed by atoms with Gasteiger partial charge in [-0.05, 0) is 47.9 Å². The Morgan fingerprint density at radius 1 is 0.889 bits per heavy atom. The molecular weight excluding hydrogens is 340 g/mol. The van der Waals surface area contributed by atoms with Crippen molar-refractivity contribution >= 4 is 17.3 Å². The number of aromatic hydroxyl groups is 1. The molecule has 0 spiro atoms. The van der Waals surface area contributed by atoms with Crippen LogP contribution in [-0.4, -0.2) is 11.1 Å². The second-order valence-electron chi connectivity index (χ2n) is 6.61. The number of ether oxygens (including phenoxy) is 1. The normalized spacial score (nSPS) is 13.0. The molecule has 0 bridgehead atoms. The summed E-state index contributed by atoms with van der Waals surface area (Å²) in [6.45, 7) is 3.40. The SMILES string of the molecule is CC(=O)Oc1ccc(C(C)(c2ccccc2)c2ccc(O)c(N)c2)cc1N. The van der Waals surface area contributed by atoms with Gasteiger partial charge in [0.2, 0.25) is 0 Å². The Morgan fingerprint density at radius 2 is 1.48 bits per heavy atom. The number of anilines is 2. The van der Waals surface area contributed by atoms with Crippen LogP contribution in [0.4, 0.5) is 11.4 Å². The van der Waals surface area contributed by atoms with Crippen LogP contribution in [0.25, 0.3) is 0 Å². The van der Waals surface area contributed by atoms with Gasteiger partial charge in [-0.1, -0.05) is 42.5 Å². The van der Waals surface area contributed by atoms with Crippen LogP contribution in [0, 0.1) is 0 Å². The highest BCUT2D eigenvalue weighted by molar-refractivity contribution is 5.72. The van der Waals surface area contributed by atoms with Crippen LogP contribution < -0.4 is 16.2 Å². The number of hydrogen-bond donors (Lipinski definition) is 3. The molecule has 0 amide bonds. The highest BCUT2D eigenvalue weighted by Gasteiger charge is 2.32. The van der Waals surface area contributed by atoms with Crippen molar-refractivity contribution in [1.82, 2.24) is 0 Å². The lowest BCUT2D eigenvalue weighted by Crippen LogP contribution is -2.25. The van der Waals surface area contributed by atoms with Crippen molar-refractivity contribution < 1.29 is 14.6 Å². The Balaban J connectivity index is 2.20. The fourth-order valence-electron chi connectivity index (χ4n) is 3.24. The smallest absolute Gasteiger partial charge is 0.308 e. The van der Waals surface area contributed by atoms with Gasteiger partial charge in [-0.2, -0.15) is 0 Å². The molecule has 0 aliphatic heterocycles. The van der Waals surface area contributed by atoms with E-state index in [1.807, 2.05) is 42.5 Å². The molecule has 0 heterocycles. The molecule has 5 heteroatoms. The van der Waals surface area contributed by atoms with Gasteiger partial charge in [0.25, 0.3) is 0 Å². The van der Waals surface area contributed by atoms with E-state index >= 15 is 0 Å². The van der Waals surface area contributed by atoms with Gasteiger partial charge in [-0.25, -0.2) is 0 Å². The lowest BCUT2D eigenvalue weighted by atomic mass is 9.71. The Labute approximate surface area is 158 Å². The summed E-state index contributed by atoms with van der Waals surface area (Å²) in [6, 6.07) is 20.5. The highest BCUT2D eigenvalue weighted by Crippen LogP contribution is 2.42. The predicted molar refractivity (Wildman–Crippen MR) is 107 cm³/mol. The standard InChI is InChI=1S/C22H22N2O3/c1-14(25)27-21-11-9-17(13-19(21)24)22(2,15-6-4-3-5-7-15)16-8-10-20(26)18(23)12-16/h3-13,26H,23-24H2,1-2H3. The van der Waals surface area contributed by atoms with Gasteiger partial charge in [0, 0.05) is 12.3 Å². The molecule has 3 aromatic carbocycles. The number of hydrogen-bond acceptors (Lipinski definition) is 5. The molecule has 0 saturated heterocycles. The molecule has 5 nitrogen and oxygen atoms in total. The quantitative estimate of drug-likeness (QED) is 0.215. The molecule has 0 fully saturated rings. The van der Waals surface area contributed by atoms with Crippen LogP contribution in [-0.2, 0) is 10.2 Å². The first-order valence-electron chi connectivity index (χ1n) is 8.55. The maximum Gasteiger partial charge on any atom is 0.308 e. The van der Waals surface area contributed by atoms with E-state index in [0.717, 1.165) is 16.7 Å². The van der Waals surface area contributed by atoms with Crippen LogP contribution >= 0.6 is 0 Å². The maximum atomic E-state index is 11.2. The third-order valence-corrected chi connectivity index (χ3v) is 4.80. The molecule has 1 unspecified atom stereocenters. The summed E-state index contributed by atoms with van der Waals surface area (Å²) >= 11 is 0. The van der Waals surface area contributed by atoms with Gasteiger partial charge in [-0.3, -0.25) is 4.79 Å². The number of nitrogens with two attached hydrogens (primary N) is 2. The average molecular weight is 362 g/mol. The first kappa shape index (κ1) is 18.3. The fourth-order valence-corrected chi connectivity index (χ4v) is 3.24. The summed E-state index contributed by atoms with van der Waals surface area (Å²) in [6.07, 6.45) is 0. The molecule has 3 rings (SSSR count). The molecular formula is C22H22N2O3. The number of esters is 1. The Bertz CT molecular complexity index is 986. The maximum absolute atomic E-state index is 11.2. The third kappa shape index (κ3) is 3.44. The molecule has 1 atom stereocenters. The molecule has 0 aromatic heterocycles. The van der Waals surface area contributed by atoms with Crippen molar-refractivity contribution in [2.45, 2.75) is 19.3 Å². The van der Waals surface area contributed by atoms with Crippen molar-refractivity contribution in [2.75, 3.05) is 11.5 Å². The highest BCUT2D eigenvalue weighted by atomic mass is 16.5. The largest absolute Gasteiger partial charge is 0.506 e. The van der Waals surface area contributed by atoms with Crippen molar-refractivity contribution in [2.24, 2.45) is 0 Å². The number of rotatable bonds is 4. The Hall–Kier alpha value is -3.47. The second-order valence-corrected chi connectivity index (χ2v) is 6.61. The van der Waals surface area contributed by atoms with E-state index in [2.05, 4.69) is 6.92 Å². The van der Waals surface area contributed by atoms with Crippen LogP contribution in [0.1, 0.15) is 30.5 Å². The Kier molecular flexibility index (Phi) is 4.77. The monoisotopic (exact) mass is 362 g/mol. The van der Waals surface area contributed by atoms with E-state index in [-0.39, 0.29) is 5.75 Å². The zero-order valence-electron chi connectivity index (χ0n) is 15.3. The van der Waals surface area contributed by atoms with E-state index in [1.54, 1.807) is 24.3 Å². The summed E-state index contributed by atoms with van der Waals surface area (Å²) in [5, 5.41) is 9.82. The van der Waals surface area contributed by atoms with Gasteiger partial charge in [-0.15, -0.1) is 0 Å². The van der Waals surface area contributed by atoms with Gasteiger partial charge < -0.3 is 21.3 Å². The minimum atomic E-state index is -0.577. The number of phenols is 1. The molecule has 27 heavy (non-hydrogen) atoms. The molecule has 138 valence electrons. The second kappa shape index (κ2) is 7.03. The van der Waals surface area contributed by atoms with E-state index in [1.165, 1.54) is 6.92 Å². The van der Waals surface area contributed by atoms with Crippen molar-refractivity contribution in [3.8, 4) is 11.5 Å². The van der Waals surface area contributed by atoms with E-state index in [0.29, 0.717) is 17.1 Å². The number of carbonyl (C=O) groups is 1. The number of nitrogen functional groups attached to an aromatic ring is 2. The minimum absolute atomic E-state index is 0.0406. The lowest BCUT2D eigenvalue weighted by molar-refractivity contribution is -0.131. The van der Waals surface area contributed by atoms with Crippen molar-refractivity contribution in [3.05, 3.63) is 83.4 Å². The summed E-state index contributed by atoms with van der Waals surface area (Å²) in [7, 11) is 0. The topological polar surface area (TPSA) is 98.6 Å². The van der Waals surface area contributed by atoms with E-state index < -0.39 is 11.4 Å². The van der Waals surface area contributed by atoms with Crippen molar-refractivity contribution in [3.63, 3.8) is 0 Å². The molecule has 5 N–H and O–H groups in total. The average Bonchev–Trinajstić information content (AvgIpc) is 2.65. The van der Waals surface area contributed by atoms with Crippen LogP contribution in [0.2, 0.25) is 0 Å². The molecule has 3 aromatic rings. The number of phenolic OH excluding ortho intramolecular Hbond substituents is 1. The number of carbonyl (C=O) groups excluding carboxylic acids is 1. The van der Waals surface area contributed by atoms with Crippen molar-refractivity contribution in [1.29, 1.82) is 0 Å². The fraction of sp³-hybridized carbons (Fsp3) is 0.136. The molecule has 0 saturated carbocycles. The molecule has 0 aliphatic rings. The lowest BCUT2D eigenvalue weighted by Gasteiger charge is -2.32. The zero-order valence-corrected chi connectivity index (χ0v) is 15.3. The van der Waals surface area contributed by atoms with E-state index in [9.17, 15) is 9.90 Å². The minimum Gasteiger partial charge on any atom is -0.506 e. The van der Waals surface area contributed by atoms with Crippen LogP contribution in [0.3, 0.4) is 0 Å². The summed E-state index contributed by atoms with van der Waals surface area (Å²) < 4.78 is 5.14. The van der Waals surface area contributed by atoms with Gasteiger partial charge in [0.05, 0.1) is 11.4 Å². The van der Waals surface area contributed by atoms with Gasteiger partial charge in [0.15, 0.2) is 5.75 Å². The summed E-state index contributed by atoms with van der Waals surface area (Å²) in [5.41, 5.74) is 15.0. The van der Waals surface area contributed by atoms with Gasteiger partial charge in [0.1, 0.15) is 5.75 Å². The van der Waals surface area contributed by atoms with E-state index in [4.69, 9.17) is 16.2 Å².